The fourth-order valence-corrected chi connectivity index (χ4v) is 3.87. The Bertz CT molecular complexity index is 1690. The van der Waals surface area contributed by atoms with Crippen molar-refractivity contribution in [3.05, 3.63) is 88.5 Å². The van der Waals surface area contributed by atoms with Crippen molar-refractivity contribution >= 4 is 34.5 Å². The first kappa shape index (κ1) is 23.6. The van der Waals surface area contributed by atoms with Crippen molar-refractivity contribution in [2.24, 2.45) is 0 Å². The molecule has 2 aromatic carbocycles. The second kappa shape index (κ2) is 9.49. The van der Waals surface area contributed by atoms with Crippen molar-refractivity contribution < 1.29 is 23.9 Å². The number of carboxylic acids is 1. The summed E-state index contributed by atoms with van der Waals surface area (Å²) in [4.78, 5) is 49.7. The number of aromatic nitrogens is 5. The molecule has 3 heterocycles. The second-order valence-electron chi connectivity index (χ2n) is 8.33. The molecular formula is C25H21N7O5. The van der Waals surface area contributed by atoms with E-state index < -0.39 is 17.8 Å². The number of amides is 2. The minimum absolute atomic E-state index is 0.0971. The first-order valence-electron chi connectivity index (χ1n) is 11.3. The van der Waals surface area contributed by atoms with E-state index >= 15 is 0 Å². The molecule has 12 nitrogen and oxygen atoms in total. The summed E-state index contributed by atoms with van der Waals surface area (Å²) in [6.07, 6.45) is 1.45. The van der Waals surface area contributed by atoms with Crippen molar-refractivity contribution in [3.63, 3.8) is 0 Å². The Kier molecular flexibility index (Phi) is 6.05. The van der Waals surface area contributed by atoms with Gasteiger partial charge in [-0.25, -0.2) is 14.8 Å². The average Bonchev–Trinajstić information content (AvgIpc) is 3.50. The number of hydrogen-bond acceptors (Lipinski definition) is 8. The van der Waals surface area contributed by atoms with Gasteiger partial charge in [-0.2, -0.15) is 14.6 Å². The average molecular weight is 499 g/mol. The Labute approximate surface area is 209 Å². The third kappa shape index (κ3) is 4.85. The molecule has 3 aromatic heterocycles. The molecule has 2 amide bonds. The highest BCUT2D eigenvalue weighted by Crippen LogP contribution is 2.17. The van der Waals surface area contributed by atoms with Crippen molar-refractivity contribution in [1.82, 2.24) is 35.2 Å². The molecular weight excluding hydrogens is 478 g/mol. The van der Waals surface area contributed by atoms with E-state index in [0.29, 0.717) is 28.1 Å². The zero-order valence-electron chi connectivity index (χ0n) is 19.8. The summed E-state index contributed by atoms with van der Waals surface area (Å²) in [6, 6.07) is 11.8. The number of carbonyl (C=O) groups is 3. The van der Waals surface area contributed by atoms with E-state index in [-0.39, 0.29) is 35.9 Å². The molecule has 0 fully saturated rings. The van der Waals surface area contributed by atoms with Gasteiger partial charge in [0, 0.05) is 26.1 Å². The second-order valence-corrected chi connectivity index (χ2v) is 8.33. The van der Waals surface area contributed by atoms with Crippen LogP contribution in [0.3, 0.4) is 0 Å². The fraction of sp³-hybridized carbons (Fsp3) is 0.160. The summed E-state index contributed by atoms with van der Waals surface area (Å²) >= 11 is 0. The van der Waals surface area contributed by atoms with E-state index in [1.807, 2.05) is 12.1 Å². The lowest BCUT2D eigenvalue weighted by Gasteiger charge is -2.09. The summed E-state index contributed by atoms with van der Waals surface area (Å²) in [6.45, 7) is 3.76. The summed E-state index contributed by atoms with van der Waals surface area (Å²) in [7, 11) is 0. The molecule has 37 heavy (non-hydrogen) atoms. The molecule has 0 unspecified atom stereocenters. The first-order valence-corrected chi connectivity index (χ1v) is 11.3. The van der Waals surface area contributed by atoms with Gasteiger partial charge < -0.3 is 20.2 Å². The van der Waals surface area contributed by atoms with Gasteiger partial charge in [0.05, 0.1) is 11.8 Å². The number of aromatic carboxylic acids is 1. The van der Waals surface area contributed by atoms with Crippen molar-refractivity contribution in [1.29, 1.82) is 0 Å². The van der Waals surface area contributed by atoms with E-state index in [4.69, 9.17) is 4.42 Å². The van der Waals surface area contributed by atoms with Crippen LogP contribution in [0.15, 0.2) is 53.1 Å². The van der Waals surface area contributed by atoms with Crippen molar-refractivity contribution in [2.45, 2.75) is 26.9 Å². The third-order valence-corrected chi connectivity index (χ3v) is 5.65. The van der Waals surface area contributed by atoms with E-state index in [1.165, 1.54) is 16.8 Å². The largest absolute Gasteiger partial charge is 0.478 e. The molecule has 186 valence electrons. The topological polar surface area (TPSA) is 165 Å². The molecule has 0 radical (unpaired) electrons. The van der Waals surface area contributed by atoms with Gasteiger partial charge in [-0.15, -0.1) is 0 Å². The predicted octanol–water partition coefficient (Wildman–Crippen LogP) is 2.44. The van der Waals surface area contributed by atoms with Crippen LogP contribution < -0.4 is 10.6 Å². The molecule has 0 aliphatic rings. The number of nitrogens with zero attached hydrogens (tertiary/aromatic N) is 5. The van der Waals surface area contributed by atoms with Crippen LogP contribution in [0.4, 0.5) is 0 Å². The Morgan fingerprint density at radius 3 is 2.41 bits per heavy atom. The number of benzene rings is 2. The van der Waals surface area contributed by atoms with Crippen LogP contribution >= 0.6 is 0 Å². The number of nitrogens with one attached hydrogen (secondary N) is 2. The number of fused-ring (bicyclic) bond motifs is 2. The van der Waals surface area contributed by atoms with Gasteiger partial charge >= 0.3 is 5.97 Å². The van der Waals surface area contributed by atoms with Crippen LogP contribution in [-0.4, -0.2) is 47.5 Å². The van der Waals surface area contributed by atoms with E-state index in [0.717, 1.165) is 5.56 Å². The lowest BCUT2D eigenvalue weighted by atomic mass is 10.1. The van der Waals surface area contributed by atoms with Crippen LogP contribution in [0, 0.1) is 13.8 Å². The lowest BCUT2D eigenvalue weighted by Crippen LogP contribution is -2.30. The maximum atomic E-state index is 13.0. The number of carbonyl (C=O) groups excluding carboxylic acids is 2. The molecule has 0 saturated carbocycles. The third-order valence-electron chi connectivity index (χ3n) is 5.65. The molecule has 0 atom stereocenters. The summed E-state index contributed by atoms with van der Waals surface area (Å²) in [5.41, 5.74) is 3.91. The normalized spacial score (nSPS) is 11.1. The van der Waals surface area contributed by atoms with Crippen LogP contribution in [-0.2, 0) is 13.1 Å². The molecule has 12 heteroatoms. The van der Waals surface area contributed by atoms with Gasteiger partial charge in [-0.3, -0.25) is 9.59 Å². The molecule has 0 saturated heterocycles. The number of aryl methyl sites for hydroxylation is 2. The number of oxazole rings is 1. The van der Waals surface area contributed by atoms with Gasteiger partial charge in [-0.05, 0) is 41.8 Å². The van der Waals surface area contributed by atoms with E-state index in [2.05, 4.69) is 30.7 Å². The van der Waals surface area contributed by atoms with Crippen LogP contribution in [0.25, 0.3) is 16.7 Å². The van der Waals surface area contributed by atoms with Gasteiger partial charge in [0.15, 0.2) is 17.1 Å². The molecule has 0 aliphatic heterocycles. The molecule has 0 bridgehead atoms. The summed E-state index contributed by atoms with van der Waals surface area (Å²) < 4.78 is 6.73. The minimum atomic E-state index is -1.02. The number of carboxylic acid groups (broad SMARTS) is 1. The quantitative estimate of drug-likeness (QED) is 0.305. The maximum Gasteiger partial charge on any atom is 0.335 e. The Morgan fingerprint density at radius 2 is 1.65 bits per heavy atom. The maximum absolute atomic E-state index is 13.0. The van der Waals surface area contributed by atoms with Gasteiger partial charge in [-0.1, -0.05) is 18.2 Å². The van der Waals surface area contributed by atoms with E-state index in [1.54, 1.807) is 38.1 Å². The smallest absolute Gasteiger partial charge is 0.335 e. The Morgan fingerprint density at radius 1 is 0.919 bits per heavy atom. The van der Waals surface area contributed by atoms with Crippen LogP contribution in [0.1, 0.15) is 54.2 Å². The minimum Gasteiger partial charge on any atom is -0.478 e. The zero-order valence-corrected chi connectivity index (χ0v) is 19.8. The standard InChI is InChI=1S/C25H21N7O5/c1-13-9-15(3-5-17(13)25(35)36)11-26-23(33)21-30-20-7-8-28-32(20)22(31-21)24(34)27-12-16-4-6-19-18(10-16)29-14(2)37-19/h3-10H,11-12H2,1-2H3,(H,26,33)(H,27,34)(H,35,36). The van der Waals surface area contributed by atoms with Crippen LogP contribution in [0.5, 0.6) is 0 Å². The first-order chi connectivity index (χ1) is 17.8. The van der Waals surface area contributed by atoms with Gasteiger partial charge in [0.25, 0.3) is 11.8 Å². The summed E-state index contributed by atoms with van der Waals surface area (Å²) in [5.74, 6) is -1.89. The van der Waals surface area contributed by atoms with Crippen molar-refractivity contribution in [3.8, 4) is 0 Å². The molecule has 5 rings (SSSR count). The lowest BCUT2D eigenvalue weighted by molar-refractivity contribution is 0.0695. The predicted molar refractivity (Wildman–Crippen MR) is 130 cm³/mol. The number of rotatable bonds is 7. The number of hydrogen-bond donors (Lipinski definition) is 3. The highest BCUT2D eigenvalue weighted by Gasteiger charge is 2.20. The van der Waals surface area contributed by atoms with Gasteiger partial charge in [0.2, 0.25) is 11.6 Å². The highest BCUT2D eigenvalue weighted by molar-refractivity contribution is 5.95. The molecule has 0 spiro atoms. The Balaban J connectivity index is 1.32. The zero-order chi connectivity index (χ0) is 26.1. The van der Waals surface area contributed by atoms with Crippen LogP contribution in [0.2, 0.25) is 0 Å². The van der Waals surface area contributed by atoms with Crippen molar-refractivity contribution in [2.75, 3.05) is 0 Å². The van der Waals surface area contributed by atoms with Gasteiger partial charge in [0.1, 0.15) is 5.52 Å². The van der Waals surface area contributed by atoms with E-state index in [9.17, 15) is 19.5 Å². The SMILES string of the molecule is Cc1nc2cc(CNC(=O)c3nc(C(=O)NCc4ccc(C(=O)O)c(C)c4)nc4ccnn34)ccc2o1. The molecule has 5 aromatic rings. The highest BCUT2D eigenvalue weighted by atomic mass is 16.4. The molecule has 0 aliphatic carbocycles. The Hall–Kier alpha value is -5.13. The fourth-order valence-electron chi connectivity index (χ4n) is 3.87. The summed E-state index contributed by atoms with van der Waals surface area (Å²) in [5, 5.41) is 18.8. The monoisotopic (exact) mass is 499 g/mol. The molecule has 3 N–H and O–H groups in total.